The maximum atomic E-state index is 13.0. The van der Waals surface area contributed by atoms with Crippen LogP contribution in [0.1, 0.15) is 67.7 Å². The van der Waals surface area contributed by atoms with Crippen LogP contribution in [-0.2, 0) is 17.4 Å². The number of carboxylic acids is 1. The van der Waals surface area contributed by atoms with Gasteiger partial charge in [-0.1, -0.05) is 18.2 Å². The minimum absolute atomic E-state index is 0.113. The number of piperidine rings is 1. The van der Waals surface area contributed by atoms with E-state index in [9.17, 15) is 28.2 Å². The number of nitrogens with zero attached hydrogens (tertiary/aromatic N) is 2. The van der Waals surface area contributed by atoms with Gasteiger partial charge in [0.2, 0.25) is 0 Å². The first kappa shape index (κ1) is 30.8. The van der Waals surface area contributed by atoms with Gasteiger partial charge in [-0.3, -0.25) is 9.78 Å². The van der Waals surface area contributed by atoms with Gasteiger partial charge in [-0.05, 0) is 111 Å². The van der Waals surface area contributed by atoms with Crippen LogP contribution < -0.4 is 4.74 Å². The Morgan fingerprint density at radius 3 is 2.71 bits per heavy atom. The molecule has 0 aliphatic carbocycles. The number of unbranched alkanes of at least 4 members (excludes halogenated alkanes) is 1. The number of fused-ring (bicyclic) bond motifs is 1. The molecule has 0 bridgehead atoms. The molecule has 0 radical (unpaired) electrons. The zero-order chi connectivity index (χ0) is 29.4. The second kappa shape index (κ2) is 14.1. The topological polar surface area (TPSA) is 82.9 Å². The maximum Gasteiger partial charge on any atom is 0.416 e. The first-order chi connectivity index (χ1) is 19.6. The summed E-state index contributed by atoms with van der Waals surface area (Å²) in [6, 6.07) is 13.0. The molecule has 1 saturated heterocycles. The highest BCUT2D eigenvalue weighted by molar-refractivity contribution is 5.83. The van der Waals surface area contributed by atoms with Crippen molar-refractivity contribution in [1.29, 1.82) is 0 Å². The third kappa shape index (κ3) is 8.66. The van der Waals surface area contributed by atoms with Crippen LogP contribution >= 0.6 is 0 Å². The zero-order valence-corrected chi connectivity index (χ0v) is 23.4. The van der Waals surface area contributed by atoms with Crippen LogP contribution in [-0.4, -0.2) is 52.8 Å². The summed E-state index contributed by atoms with van der Waals surface area (Å²) in [6.07, 6.45) is 1.95. The van der Waals surface area contributed by atoms with Gasteiger partial charge in [0.15, 0.2) is 0 Å². The smallest absolute Gasteiger partial charge is 0.416 e. The fourth-order valence-corrected chi connectivity index (χ4v) is 6.03. The van der Waals surface area contributed by atoms with Crippen molar-refractivity contribution in [2.24, 2.45) is 11.8 Å². The summed E-state index contributed by atoms with van der Waals surface area (Å²) in [6.45, 7) is 2.53. The monoisotopic (exact) mass is 572 g/mol. The molecule has 1 aliphatic heterocycles. The van der Waals surface area contributed by atoms with E-state index in [0.29, 0.717) is 36.5 Å². The van der Waals surface area contributed by atoms with Crippen molar-refractivity contribution in [2.45, 2.75) is 63.6 Å². The molecule has 0 amide bonds. The number of carbonyl (C=O) groups is 1. The van der Waals surface area contributed by atoms with E-state index >= 15 is 0 Å². The minimum Gasteiger partial charge on any atom is -0.497 e. The predicted octanol–water partition coefficient (Wildman–Crippen LogP) is 6.90. The Bertz CT molecular complexity index is 1300. The number of methoxy groups -OCH3 is 1. The molecule has 41 heavy (non-hydrogen) atoms. The number of likely N-dealkylation sites (tertiary alicyclic amines) is 1. The molecule has 222 valence electrons. The highest BCUT2D eigenvalue weighted by Crippen LogP contribution is 2.35. The number of aliphatic hydroxyl groups is 1. The molecule has 0 saturated carbocycles. The lowest BCUT2D eigenvalue weighted by Crippen LogP contribution is -2.41. The van der Waals surface area contributed by atoms with Crippen LogP contribution in [0.3, 0.4) is 0 Å². The van der Waals surface area contributed by atoms with Gasteiger partial charge < -0.3 is 19.8 Å². The number of aliphatic carboxylic acids is 1. The molecule has 1 aliphatic rings. The van der Waals surface area contributed by atoms with E-state index in [-0.39, 0.29) is 12.3 Å². The van der Waals surface area contributed by atoms with Crippen molar-refractivity contribution < 1.29 is 32.9 Å². The number of aromatic nitrogens is 1. The summed E-state index contributed by atoms with van der Waals surface area (Å²) < 4.78 is 44.3. The third-order valence-corrected chi connectivity index (χ3v) is 8.30. The standard InChI is InChI=1S/C32H39F3N2O4/c1-41-26-10-11-29-28(20-26)27(14-16-36-29)30(38)12-8-23-15-18-37(21-24(23)9-13-31(39)40)17-3-2-5-22-6-4-7-25(19-22)32(33,34)35/h4,6-7,10-11,14,16,19-20,23-24,30,38H,2-3,5,8-9,12-13,15,17-18,21H2,1H3,(H,39,40)/t23-,24+,30?/m1/s1. The Morgan fingerprint density at radius 2 is 1.95 bits per heavy atom. The zero-order valence-electron chi connectivity index (χ0n) is 23.4. The second-order valence-electron chi connectivity index (χ2n) is 11.1. The van der Waals surface area contributed by atoms with E-state index in [1.165, 1.54) is 12.1 Å². The van der Waals surface area contributed by atoms with E-state index in [0.717, 1.165) is 67.9 Å². The first-order valence-corrected chi connectivity index (χ1v) is 14.3. The predicted molar refractivity (Wildman–Crippen MR) is 152 cm³/mol. The van der Waals surface area contributed by atoms with Crippen LogP contribution in [0.2, 0.25) is 0 Å². The number of benzene rings is 2. The molecule has 6 nitrogen and oxygen atoms in total. The van der Waals surface area contributed by atoms with Gasteiger partial charge in [-0.2, -0.15) is 13.2 Å². The highest BCUT2D eigenvalue weighted by Gasteiger charge is 2.31. The van der Waals surface area contributed by atoms with Crippen LogP contribution in [0.4, 0.5) is 13.2 Å². The Balaban J connectivity index is 1.31. The fourth-order valence-electron chi connectivity index (χ4n) is 6.03. The number of ether oxygens (including phenoxy) is 1. The normalized spacial score (nSPS) is 18.9. The van der Waals surface area contributed by atoms with E-state index in [1.807, 2.05) is 24.3 Å². The Hall–Kier alpha value is -3.17. The van der Waals surface area contributed by atoms with Gasteiger partial charge in [0.05, 0.1) is 24.3 Å². The van der Waals surface area contributed by atoms with Gasteiger partial charge in [-0.15, -0.1) is 0 Å². The molecule has 2 aromatic carbocycles. The summed E-state index contributed by atoms with van der Waals surface area (Å²) in [5.41, 5.74) is 1.69. The van der Waals surface area contributed by atoms with Crippen molar-refractivity contribution in [3.63, 3.8) is 0 Å². The largest absolute Gasteiger partial charge is 0.497 e. The van der Waals surface area contributed by atoms with Crippen LogP contribution in [0.15, 0.2) is 54.7 Å². The summed E-state index contributed by atoms with van der Waals surface area (Å²) in [5, 5.41) is 21.3. The number of aliphatic hydroxyl groups excluding tert-OH is 1. The minimum atomic E-state index is -4.33. The molecule has 9 heteroatoms. The molecule has 1 fully saturated rings. The Labute approximate surface area is 239 Å². The summed E-state index contributed by atoms with van der Waals surface area (Å²) in [5.74, 6) is 0.423. The van der Waals surface area contributed by atoms with Gasteiger partial charge >= 0.3 is 12.1 Å². The summed E-state index contributed by atoms with van der Waals surface area (Å²) >= 11 is 0. The number of aryl methyl sites for hydroxylation is 1. The average molecular weight is 573 g/mol. The van der Waals surface area contributed by atoms with Crippen molar-refractivity contribution in [3.8, 4) is 5.75 Å². The SMILES string of the molecule is COc1ccc2nccc(C(O)CC[C@@H]3CCN(CCCCc4cccc(C(F)(F)F)c4)C[C@@H]3CCC(=O)O)c2c1. The molecule has 0 spiro atoms. The van der Waals surface area contributed by atoms with Gasteiger partial charge in [0, 0.05) is 24.5 Å². The van der Waals surface area contributed by atoms with Crippen molar-refractivity contribution >= 4 is 16.9 Å². The molecule has 1 unspecified atom stereocenters. The number of hydrogen-bond acceptors (Lipinski definition) is 5. The van der Waals surface area contributed by atoms with Crippen molar-refractivity contribution in [2.75, 3.05) is 26.7 Å². The highest BCUT2D eigenvalue weighted by atomic mass is 19.4. The molecular formula is C32H39F3N2O4. The molecule has 4 rings (SSSR count). The second-order valence-corrected chi connectivity index (χ2v) is 11.1. The van der Waals surface area contributed by atoms with Crippen molar-refractivity contribution in [1.82, 2.24) is 9.88 Å². The van der Waals surface area contributed by atoms with E-state index < -0.39 is 23.8 Å². The lowest BCUT2D eigenvalue weighted by Gasteiger charge is -2.39. The first-order valence-electron chi connectivity index (χ1n) is 14.3. The Kier molecular flexibility index (Phi) is 10.6. The number of pyridine rings is 1. The van der Waals surface area contributed by atoms with Crippen LogP contribution in [0.25, 0.3) is 10.9 Å². The lowest BCUT2D eigenvalue weighted by atomic mass is 9.79. The van der Waals surface area contributed by atoms with Gasteiger partial charge in [0.1, 0.15) is 5.75 Å². The van der Waals surface area contributed by atoms with Crippen molar-refractivity contribution in [3.05, 3.63) is 71.4 Å². The molecule has 3 atom stereocenters. The van der Waals surface area contributed by atoms with E-state index in [4.69, 9.17) is 4.74 Å². The molecule has 3 aromatic rings. The number of carboxylic acid groups (broad SMARTS) is 1. The van der Waals surface area contributed by atoms with E-state index in [1.54, 1.807) is 19.4 Å². The molecule has 1 aromatic heterocycles. The Morgan fingerprint density at radius 1 is 1.12 bits per heavy atom. The van der Waals surface area contributed by atoms with E-state index in [2.05, 4.69) is 9.88 Å². The number of rotatable bonds is 13. The third-order valence-electron chi connectivity index (χ3n) is 8.30. The van der Waals surface area contributed by atoms with Gasteiger partial charge in [0.25, 0.3) is 0 Å². The number of halogens is 3. The average Bonchev–Trinajstić information content (AvgIpc) is 2.96. The fraction of sp³-hybridized carbons (Fsp3) is 0.500. The van der Waals surface area contributed by atoms with Gasteiger partial charge in [-0.25, -0.2) is 0 Å². The van der Waals surface area contributed by atoms with Crippen LogP contribution in [0, 0.1) is 11.8 Å². The number of alkyl halides is 3. The summed E-state index contributed by atoms with van der Waals surface area (Å²) in [4.78, 5) is 18.1. The molecular weight excluding hydrogens is 533 g/mol. The quantitative estimate of drug-likeness (QED) is 0.217. The molecule has 2 N–H and O–H groups in total. The lowest BCUT2D eigenvalue weighted by molar-refractivity contribution is -0.138. The molecule has 2 heterocycles. The number of hydrogen-bond donors (Lipinski definition) is 2. The summed E-state index contributed by atoms with van der Waals surface area (Å²) in [7, 11) is 1.60. The maximum absolute atomic E-state index is 13.0. The van der Waals surface area contributed by atoms with Crippen LogP contribution in [0.5, 0.6) is 5.75 Å².